The van der Waals surface area contributed by atoms with Crippen LogP contribution in [0, 0.1) is 12.7 Å². The van der Waals surface area contributed by atoms with Gasteiger partial charge < -0.3 is 9.52 Å². The molecular weight excluding hydrogens is 255 g/mol. The average Bonchev–Trinajstić information content (AvgIpc) is 2.73. The lowest BCUT2D eigenvalue weighted by molar-refractivity contribution is 0.0691. The van der Waals surface area contributed by atoms with E-state index < -0.39 is 11.8 Å². The summed E-state index contributed by atoms with van der Waals surface area (Å²) in [4.78, 5) is 11.7. The molecule has 0 unspecified atom stereocenters. The molecular formula is C13H11FO3S. The van der Waals surface area contributed by atoms with Crippen molar-refractivity contribution in [1.82, 2.24) is 0 Å². The molecule has 0 atom stereocenters. The summed E-state index contributed by atoms with van der Waals surface area (Å²) in [5.41, 5.74) is 0.0810. The van der Waals surface area contributed by atoms with Crippen molar-refractivity contribution in [2.45, 2.75) is 17.6 Å². The van der Waals surface area contributed by atoms with Gasteiger partial charge in [0.2, 0.25) is 0 Å². The fourth-order valence-corrected chi connectivity index (χ4v) is 2.47. The van der Waals surface area contributed by atoms with Crippen LogP contribution >= 0.6 is 11.8 Å². The van der Waals surface area contributed by atoms with Crippen molar-refractivity contribution in [3.05, 3.63) is 53.2 Å². The van der Waals surface area contributed by atoms with Crippen LogP contribution < -0.4 is 0 Å². The second-order valence-electron chi connectivity index (χ2n) is 3.71. The summed E-state index contributed by atoms with van der Waals surface area (Å²) in [6.07, 6.45) is 1.57. The van der Waals surface area contributed by atoms with Crippen LogP contribution in [0.2, 0.25) is 0 Å². The Hall–Kier alpha value is -1.75. The van der Waals surface area contributed by atoms with Crippen LogP contribution in [-0.2, 0) is 5.75 Å². The Morgan fingerprint density at radius 1 is 1.44 bits per heavy atom. The highest BCUT2D eigenvalue weighted by Crippen LogP contribution is 2.28. The van der Waals surface area contributed by atoms with E-state index in [0.717, 1.165) is 10.7 Å². The van der Waals surface area contributed by atoms with Crippen LogP contribution in [0.4, 0.5) is 4.39 Å². The largest absolute Gasteiger partial charge is 0.478 e. The third kappa shape index (κ3) is 2.56. The smallest absolute Gasteiger partial charge is 0.338 e. The van der Waals surface area contributed by atoms with E-state index in [0.29, 0.717) is 11.3 Å². The van der Waals surface area contributed by atoms with Crippen LogP contribution in [0.3, 0.4) is 0 Å². The highest BCUT2D eigenvalue weighted by atomic mass is 32.2. The summed E-state index contributed by atoms with van der Waals surface area (Å²) in [6, 6.07) is 6.20. The van der Waals surface area contributed by atoms with Gasteiger partial charge in [-0.05, 0) is 24.6 Å². The van der Waals surface area contributed by atoms with E-state index in [1.54, 1.807) is 24.5 Å². The SMILES string of the molecule is Cc1occc1SCc1cccc(C(=O)O)c1F. The number of aryl methyl sites for hydroxylation is 1. The average molecular weight is 266 g/mol. The van der Waals surface area contributed by atoms with Gasteiger partial charge in [0.15, 0.2) is 0 Å². The lowest BCUT2D eigenvalue weighted by Gasteiger charge is -2.05. The number of hydrogen-bond acceptors (Lipinski definition) is 3. The van der Waals surface area contributed by atoms with E-state index in [1.807, 2.05) is 6.92 Å². The normalized spacial score (nSPS) is 10.6. The highest BCUT2D eigenvalue weighted by molar-refractivity contribution is 7.98. The zero-order chi connectivity index (χ0) is 13.1. The maximum atomic E-state index is 13.8. The van der Waals surface area contributed by atoms with E-state index in [-0.39, 0.29) is 5.56 Å². The summed E-state index contributed by atoms with van der Waals surface area (Å²) >= 11 is 1.41. The number of carboxylic acids is 1. The molecule has 5 heteroatoms. The lowest BCUT2D eigenvalue weighted by atomic mass is 10.1. The number of carboxylic acid groups (broad SMARTS) is 1. The van der Waals surface area contributed by atoms with Gasteiger partial charge in [-0.1, -0.05) is 12.1 Å². The Morgan fingerprint density at radius 3 is 2.83 bits per heavy atom. The maximum Gasteiger partial charge on any atom is 0.338 e. The van der Waals surface area contributed by atoms with Crippen LogP contribution in [0.15, 0.2) is 39.8 Å². The number of benzene rings is 1. The van der Waals surface area contributed by atoms with Gasteiger partial charge in [-0.2, -0.15) is 0 Å². The first kappa shape index (κ1) is 12.7. The fraction of sp³-hybridized carbons (Fsp3) is 0.154. The Labute approximate surface area is 108 Å². The minimum Gasteiger partial charge on any atom is -0.478 e. The maximum absolute atomic E-state index is 13.8. The molecule has 1 N–H and O–H groups in total. The van der Waals surface area contributed by atoms with Gasteiger partial charge in [0, 0.05) is 10.6 Å². The molecule has 0 amide bonds. The van der Waals surface area contributed by atoms with Gasteiger partial charge >= 0.3 is 5.97 Å². The van der Waals surface area contributed by atoms with Crippen molar-refractivity contribution in [3.63, 3.8) is 0 Å². The quantitative estimate of drug-likeness (QED) is 0.857. The number of carbonyl (C=O) groups is 1. The fourth-order valence-electron chi connectivity index (χ4n) is 1.53. The zero-order valence-corrected chi connectivity index (χ0v) is 10.5. The molecule has 0 aliphatic carbocycles. The molecule has 1 heterocycles. The number of thioether (sulfide) groups is 1. The first-order chi connectivity index (χ1) is 8.59. The van der Waals surface area contributed by atoms with Crippen molar-refractivity contribution in [2.75, 3.05) is 0 Å². The molecule has 2 aromatic rings. The highest BCUT2D eigenvalue weighted by Gasteiger charge is 2.14. The van der Waals surface area contributed by atoms with Crippen LogP contribution in [0.25, 0.3) is 0 Å². The number of aromatic carboxylic acids is 1. The monoisotopic (exact) mass is 266 g/mol. The molecule has 3 nitrogen and oxygen atoms in total. The molecule has 0 fully saturated rings. The Bertz CT molecular complexity index is 577. The van der Waals surface area contributed by atoms with Crippen LogP contribution in [0.1, 0.15) is 21.7 Å². The van der Waals surface area contributed by atoms with Gasteiger partial charge in [-0.25, -0.2) is 9.18 Å². The molecule has 1 aromatic carbocycles. The molecule has 0 aliphatic rings. The minimum atomic E-state index is -1.25. The third-order valence-electron chi connectivity index (χ3n) is 2.50. The van der Waals surface area contributed by atoms with E-state index in [4.69, 9.17) is 9.52 Å². The molecule has 1 aromatic heterocycles. The molecule has 2 rings (SSSR count). The van der Waals surface area contributed by atoms with E-state index in [2.05, 4.69) is 0 Å². The number of rotatable bonds is 4. The first-order valence-corrected chi connectivity index (χ1v) is 6.25. The predicted molar refractivity (Wildman–Crippen MR) is 66.4 cm³/mol. The summed E-state index contributed by atoms with van der Waals surface area (Å²) in [5.74, 6) is -0.778. The van der Waals surface area contributed by atoms with Gasteiger partial charge in [-0.3, -0.25) is 0 Å². The Kier molecular flexibility index (Phi) is 3.72. The van der Waals surface area contributed by atoms with Crippen molar-refractivity contribution in [2.24, 2.45) is 0 Å². The summed E-state index contributed by atoms with van der Waals surface area (Å²) in [5, 5.41) is 8.82. The standard InChI is InChI=1S/C13H11FO3S/c1-8-11(5-6-17-8)18-7-9-3-2-4-10(12(9)14)13(15)16/h2-6H,7H2,1H3,(H,15,16). The molecule has 0 saturated carbocycles. The van der Waals surface area contributed by atoms with E-state index in [1.165, 1.54) is 17.8 Å². The van der Waals surface area contributed by atoms with Crippen molar-refractivity contribution >= 4 is 17.7 Å². The van der Waals surface area contributed by atoms with Gasteiger partial charge in [-0.15, -0.1) is 11.8 Å². The Balaban J connectivity index is 2.17. The summed E-state index contributed by atoms with van der Waals surface area (Å²) < 4.78 is 19.0. The lowest BCUT2D eigenvalue weighted by Crippen LogP contribution is -2.02. The second-order valence-corrected chi connectivity index (χ2v) is 4.73. The van der Waals surface area contributed by atoms with Crippen molar-refractivity contribution in [3.8, 4) is 0 Å². The van der Waals surface area contributed by atoms with Crippen LogP contribution in [-0.4, -0.2) is 11.1 Å². The predicted octanol–water partition coefficient (Wildman–Crippen LogP) is 3.72. The number of halogens is 1. The summed E-state index contributed by atoms with van der Waals surface area (Å²) in [7, 11) is 0. The third-order valence-corrected chi connectivity index (χ3v) is 3.69. The number of furan rings is 1. The topological polar surface area (TPSA) is 50.4 Å². The van der Waals surface area contributed by atoms with Gasteiger partial charge in [0.05, 0.1) is 11.8 Å². The van der Waals surface area contributed by atoms with E-state index in [9.17, 15) is 9.18 Å². The number of hydrogen-bond donors (Lipinski definition) is 1. The molecule has 0 radical (unpaired) electrons. The van der Waals surface area contributed by atoms with E-state index >= 15 is 0 Å². The second kappa shape index (κ2) is 5.27. The molecule has 0 aliphatic heterocycles. The molecule has 0 spiro atoms. The molecule has 0 saturated heterocycles. The first-order valence-electron chi connectivity index (χ1n) is 5.27. The zero-order valence-electron chi connectivity index (χ0n) is 9.64. The Morgan fingerprint density at radius 2 is 2.22 bits per heavy atom. The molecule has 18 heavy (non-hydrogen) atoms. The molecule has 94 valence electrons. The van der Waals surface area contributed by atoms with Crippen LogP contribution in [0.5, 0.6) is 0 Å². The van der Waals surface area contributed by atoms with Gasteiger partial charge in [0.25, 0.3) is 0 Å². The van der Waals surface area contributed by atoms with Crippen molar-refractivity contribution in [1.29, 1.82) is 0 Å². The minimum absolute atomic E-state index is 0.294. The summed E-state index contributed by atoms with van der Waals surface area (Å²) in [6.45, 7) is 1.83. The molecule has 0 bridgehead atoms. The van der Waals surface area contributed by atoms with Gasteiger partial charge in [0.1, 0.15) is 11.6 Å². The van der Waals surface area contributed by atoms with Crippen molar-refractivity contribution < 1.29 is 18.7 Å².